The van der Waals surface area contributed by atoms with Gasteiger partial charge in [0.1, 0.15) is 5.75 Å². The first-order valence-corrected chi connectivity index (χ1v) is 5.13. The fourth-order valence-corrected chi connectivity index (χ4v) is 1.33. The molecular weight excluding hydrogens is 234 g/mol. The lowest BCUT2D eigenvalue weighted by Crippen LogP contribution is -2.09. The molecule has 0 amide bonds. The molecule has 2 rings (SSSR count). The first-order valence-electron chi connectivity index (χ1n) is 5.13. The van der Waals surface area contributed by atoms with E-state index < -0.39 is 11.9 Å². The number of nitrogens with zero attached hydrogens (tertiary/aromatic N) is 1. The fourth-order valence-electron chi connectivity index (χ4n) is 1.33. The molecule has 0 saturated carbocycles. The molecule has 0 aliphatic rings. The van der Waals surface area contributed by atoms with E-state index in [1.165, 1.54) is 18.3 Å². The highest BCUT2D eigenvalue weighted by Gasteiger charge is 2.10. The van der Waals surface area contributed by atoms with Crippen molar-refractivity contribution in [1.82, 2.24) is 4.98 Å². The van der Waals surface area contributed by atoms with Gasteiger partial charge in [0.25, 0.3) is 0 Å². The van der Waals surface area contributed by atoms with Gasteiger partial charge in [-0.05, 0) is 18.2 Å². The fraction of sp³-hybridized carbons (Fsp3) is 0. The predicted octanol–water partition coefficient (Wildman–Crippen LogP) is 2.00. The van der Waals surface area contributed by atoms with Crippen molar-refractivity contribution in [3.8, 4) is 5.75 Å². The van der Waals surface area contributed by atoms with Gasteiger partial charge in [0, 0.05) is 12.3 Å². The molecule has 1 aromatic carbocycles. The van der Waals surface area contributed by atoms with Crippen LogP contribution in [0.15, 0.2) is 48.7 Å². The molecule has 5 heteroatoms. The molecule has 0 fully saturated rings. The third-order valence-electron chi connectivity index (χ3n) is 2.17. The molecule has 5 nitrogen and oxygen atoms in total. The average molecular weight is 243 g/mol. The highest BCUT2D eigenvalue weighted by atomic mass is 16.5. The van der Waals surface area contributed by atoms with Crippen LogP contribution < -0.4 is 4.74 Å². The van der Waals surface area contributed by atoms with E-state index in [1.807, 2.05) is 0 Å². The van der Waals surface area contributed by atoms with Gasteiger partial charge in [-0.25, -0.2) is 14.6 Å². The molecule has 0 bridgehead atoms. The average Bonchev–Trinajstić information content (AvgIpc) is 2.40. The van der Waals surface area contributed by atoms with Gasteiger partial charge in [-0.15, -0.1) is 0 Å². The van der Waals surface area contributed by atoms with Crippen LogP contribution in [0.2, 0.25) is 0 Å². The summed E-state index contributed by atoms with van der Waals surface area (Å²) in [6, 6.07) is 11.1. The second kappa shape index (κ2) is 5.09. The lowest BCUT2D eigenvalue weighted by molar-refractivity contribution is 0.0681. The number of carboxylic acid groups (broad SMARTS) is 1. The molecule has 0 radical (unpaired) electrons. The Bertz CT molecular complexity index is 581. The van der Waals surface area contributed by atoms with Crippen molar-refractivity contribution in [2.75, 3.05) is 0 Å². The summed E-state index contributed by atoms with van der Waals surface area (Å²) in [5, 5.41) is 8.76. The van der Waals surface area contributed by atoms with E-state index in [4.69, 9.17) is 9.84 Å². The number of esters is 1. The molecular formula is C13H9NO4. The van der Waals surface area contributed by atoms with E-state index in [9.17, 15) is 9.59 Å². The first kappa shape index (κ1) is 11.8. The number of pyridine rings is 1. The number of aromatic nitrogens is 1. The van der Waals surface area contributed by atoms with Crippen LogP contribution >= 0.6 is 0 Å². The van der Waals surface area contributed by atoms with Gasteiger partial charge >= 0.3 is 11.9 Å². The normalized spacial score (nSPS) is 9.78. The Kier molecular flexibility index (Phi) is 3.33. The Morgan fingerprint density at radius 3 is 2.50 bits per heavy atom. The minimum absolute atomic E-state index is 0.149. The molecule has 0 unspecified atom stereocenters. The Morgan fingerprint density at radius 2 is 1.83 bits per heavy atom. The van der Waals surface area contributed by atoms with Crippen molar-refractivity contribution in [1.29, 1.82) is 0 Å². The maximum atomic E-state index is 11.7. The van der Waals surface area contributed by atoms with Crippen molar-refractivity contribution in [3.63, 3.8) is 0 Å². The molecule has 90 valence electrons. The lowest BCUT2D eigenvalue weighted by atomic mass is 10.2. The molecule has 0 atom stereocenters. The van der Waals surface area contributed by atoms with Crippen molar-refractivity contribution < 1.29 is 19.4 Å². The van der Waals surface area contributed by atoms with E-state index in [-0.39, 0.29) is 11.4 Å². The maximum absolute atomic E-state index is 11.7. The Balaban J connectivity index is 2.17. The summed E-state index contributed by atoms with van der Waals surface area (Å²) < 4.78 is 5.05. The molecule has 0 spiro atoms. The van der Waals surface area contributed by atoms with Crippen molar-refractivity contribution in [2.24, 2.45) is 0 Å². The van der Waals surface area contributed by atoms with Gasteiger partial charge in [-0.2, -0.15) is 0 Å². The van der Waals surface area contributed by atoms with Crippen LogP contribution in [0.5, 0.6) is 5.75 Å². The molecule has 18 heavy (non-hydrogen) atoms. The van der Waals surface area contributed by atoms with Gasteiger partial charge in [0.15, 0.2) is 5.69 Å². The van der Waals surface area contributed by atoms with Crippen molar-refractivity contribution in [2.45, 2.75) is 0 Å². The quantitative estimate of drug-likeness (QED) is 0.834. The zero-order valence-electron chi connectivity index (χ0n) is 9.24. The highest BCUT2D eigenvalue weighted by molar-refractivity contribution is 5.91. The second-order valence-corrected chi connectivity index (χ2v) is 3.44. The third kappa shape index (κ3) is 2.70. The number of benzene rings is 1. The topological polar surface area (TPSA) is 76.5 Å². The number of carbonyl (C=O) groups excluding carboxylic acids is 1. The second-order valence-electron chi connectivity index (χ2n) is 3.44. The zero-order chi connectivity index (χ0) is 13.0. The van der Waals surface area contributed by atoms with Crippen LogP contribution in [0.1, 0.15) is 20.8 Å². The van der Waals surface area contributed by atoms with E-state index in [0.29, 0.717) is 5.56 Å². The number of carboxylic acids is 1. The van der Waals surface area contributed by atoms with E-state index in [0.717, 1.165) is 0 Å². The van der Waals surface area contributed by atoms with Gasteiger partial charge < -0.3 is 9.84 Å². The van der Waals surface area contributed by atoms with Crippen molar-refractivity contribution in [3.05, 3.63) is 59.9 Å². The van der Waals surface area contributed by atoms with E-state index in [2.05, 4.69) is 4.98 Å². The number of ether oxygens (including phenoxy) is 1. The molecule has 0 aliphatic heterocycles. The Labute approximate surface area is 103 Å². The standard InChI is InChI=1S/C13H9NO4/c15-12(16)11-8-10(6-7-14-11)18-13(17)9-4-2-1-3-5-9/h1-8H,(H,15,16). The van der Waals surface area contributed by atoms with E-state index in [1.54, 1.807) is 30.3 Å². The van der Waals surface area contributed by atoms with Crippen LogP contribution in [0.3, 0.4) is 0 Å². The van der Waals surface area contributed by atoms with Gasteiger partial charge in [0.2, 0.25) is 0 Å². The Morgan fingerprint density at radius 1 is 1.11 bits per heavy atom. The summed E-state index contributed by atoms with van der Waals surface area (Å²) in [5.41, 5.74) is 0.222. The Hall–Kier alpha value is -2.69. The van der Waals surface area contributed by atoms with Gasteiger partial charge in [0.05, 0.1) is 5.56 Å². The third-order valence-corrected chi connectivity index (χ3v) is 2.17. The predicted molar refractivity (Wildman–Crippen MR) is 62.6 cm³/mol. The van der Waals surface area contributed by atoms with Crippen LogP contribution in [0.4, 0.5) is 0 Å². The van der Waals surface area contributed by atoms with Crippen LogP contribution in [-0.4, -0.2) is 22.0 Å². The SMILES string of the molecule is O=C(Oc1ccnc(C(=O)O)c1)c1ccccc1. The van der Waals surface area contributed by atoms with Crippen molar-refractivity contribution >= 4 is 11.9 Å². The minimum atomic E-state index is -1.17. The molecule has 2 aromatic rings. The molecule has 1 aromatic heterocycles. The summed E-state index contributed by atoms with van der Waals surface area (Å²) in [4.78, 5) is 26.0. The molecule has 0 aliphatic carbocycles. The van der Waals surface area contributed by atoms with E-state index >= 15 is 0 Å². The first-order chi connectivity index (χ1) is 8.66. The van der Waals surface area contributed by atoms with Crippen LogP contribution in [0.25, 0.3) is 0 Å². The largest absolute Gasteiger partial charge is 0.477 e. The summed E-state index contributed by atoms with van der Waals surface area (Å²) in [6.45, 7) is 0. The number of aromatic carboxylic acids is 1. The molecule has 1 heterocycles. The number of rotatable bonds is 3. The summed E-state index contributed by atoms with van der Waals surface area (Å²) in [5.74, 6) is -1.57. The zero-order valence-corrected chi connectivity index (χ0v) is 9.24. The molecule has 0 saturated heterocycles. The van der Waals surface area contributed by atoms with Crippen LogP contribution in [-0.2, 0) is 0 Å². The van der Waals surface area contributed by atoms with Gasteiger partial charge in [-0.3, -0.25) is 0 Å². The minimum Gasteiger partial charge on any atom is -0.477 e. The smallest absolute Gasteiger partial charge is 0.354 e. The molecule has 1 N–H and O–H groups in total. The summed E-state index contributed by atoms with van der Waals surface area (Å²) in [7, 11) is 0. The summed E-state index contributed by atoms with van der Waals surface area (Å²) >= 11 is 0. The van der Waals surface area contributed by atoms with Crippen LogP contribution in [0, 0.1) is 0 Å². The highest BCUT2D eigenvalue weighted by Crippen LogP contribution is 2.13. The maximum Gasteiger partial charge on any atom is 0.354 e. The summed E-state index contributed by atoms with van der Waals surface area (Å²) in [6.07, 6.45) is 1.27. The number of hydrogen-bond donors (Lipinski definition) is 1. The lowest BCUT2D eigenvalue weighted by Gasteiger charge is -2.04. The number of carbonyl (C=O) groups is 2. The monoisotopic (exact) mass is 243 g/mol. The number of hydrogen-bond acceptors (Lipinski definition) is 4. The van der Waals surface area contributed by atoms with Gasteiger partial charge in [-0.1, -0.05) is 18.2 Å².